The lowest BCUT2D eigenvalue weighted by Crippen LogP contribution is -2.26. The molecule has 1 heterocycles. The number of rotatable bonds is 6. The summed E-state index contributed by atoms with van der Waals surface area (Å²) in [6, 6.07) is 14.1. The van der Waals surface area contributed by atoms with Gasteiger partial charge in [-0.2, -0.15) is 0 Å². The Morgan fingerprint density at radius 1 is 1.11 bits per heavy atom. The molecule has 0 aliphatic heterocycles. The third-order valence-corrected chi connectivity index (χ3v) is 2.97. The zero-order chi connectivity index (χ0) is 13.5. The molecule has 19 heavy (non-hydrogen) atoms. The van der Waals surface area contributed by atoms with Gasteiger partial charge in [0.25, 0.3) is 0 Å². The second-order valence-electron chi connectivity index (χ2n) is 4.34. The molecule has 0 unspecified atom stereocenters. The van der Waals surface area contributed by atoms with E-state index in [4.69, 9.17) is 5.73 Å². The highest BCUT2D eigenvalue weighted by molar-refractivity contribution is 5.45. The fourth-order valence-electron chi connectivity index (χ4n) is 1.95. The van der Waals surface area contributed by atoms with E-state index in [-0.39, 0.29) is 6.61 Å². The van der Waals surface area contributed by atoms with Gasteiger partial charge in [-0.15, -0.1) is 0 Å². The molecular formula is C15H19N3O. The second-order valence-corrected chi connectivity index (χ2v) is 4.34. The average molecular weight is 257 g/mol. The van der Waals surface area contributed by atoms with Crippen LogP contribution >= 0.6 is 0 Å². The molecule has 4 heteroatoms. The quantitative estimate of drug-likeness (QED) is 0.824. The van der Waals surface area contributed by atoms with Gasteiger partial charge in [-0.25, -0.2) is 0 Å². The molecule has 0 fully saturated rings. The summed E-state index contributed by atoms with van der Waals surface area (Å²) < 4.78 is 0. The van der Waals surface area contributed by atoms with Crippen LogP contribution in [0.3, 0.4) is 0 Å². The topological polar surface area (TPSA) is 62.4 Å². The van der Waals surface area contributed by atoms with Crippen LogP contribution in [0.1, 0.15) is 11.3 Å². The Balaban J connectivity index is 2.14. The van der Waals surface area contributed by atoms with Gasteiger partial charge >= 0.3 is 0 Å². The van der Waals surface area contributed by atoms with Crippen LogP contribution in [0.15, 0.2) is 48.7 Å². The van der Waals surface area contributed by atoms with Gasteiger partial charge in [-0.3, -0.25) is 4.98 Å². The Morgan fingerprint density at radius 2 is 1.89 bits per heavy atom. The Kier molecular flexibility index (Phi) is 4.89. The lowest BCUT2D eigenvalue weighted by atomic mass is 10.2. The molecule has 0 aliphatic rings. The minimum atomic E-state index is 0.117. The zero-order valence-electron chi connectivity index (χ0n) is 10.9. The van der Waals surface area contributed by atoms with Crippen LogP contribution in [0.5, 0.6) is 0 Å². The molecule has 0 aliphatic carbocycles. The van der Waals surface area contributed by atoms with Gasteiger partial charge in [0, 0.05) is 19.6 Å². The van der Waals surface area contributed by atoms with E-state index in [2.05, 4.69) is 22.0 Å². The van der Waals surface area contributed by atoms with Gasteiger partial charge in [0.05, 0.1) is 24.2 Å². The van der Waals surface area contributed by atoms with Crippen molar-refractivity contribution in [3.8, 4) is 0 Å². The van der Waals surface area contributed by atoms with Crippen molar-refractivity contribution in [2.75, 3.05) is 18.1 Å². The number of pyridine rings is 1. The Labute approximate surface area is 113 Å². The number of nitrogens with two attached hydrogens (primary N) is 1. The van der Waals surface area contributed by atoms with Crippen LogP contribution in [0.25, 0.3) is 0 Å². The largest absolute Gasteiger partial charge is 0.395 e. The van der Waals surface area contributed by atoms with Gasteiger partial charge < -0.3 is 15.7 Å². The molecule has 0 saturated heterocycles. The summed E-state index contributed by atoms with van der Waals surface area (Å²) in [5, 5.41) is 9.19. The number of aromatic nitrogens is 1. The van der Waals surface area contributed by atoms with E-state index in [1.807, 2.05) is 30.3 Å². The molecule has 1 aromatic carbocycles. The summed E-state index contributed by atoms with van der Waals surface area (Å²) >= 11 is 0. The number of hydrogen-bond donors (Lipinski definition) is 2. The van der Waals surface area contributed by atoms with Crippen LogP contribution in [-0.2, 0) is 13.1 Å². The number of benzene rings is 1. The first-order valence-electron chi connectivity index (χ1n) is 6.38. The fourth-order valence-corrected chi connectivity index (χ4v) is 1.95. The Morgan fingerprint density at radius 3 is 2.47 bits per heavy atom. The van der Waals surface area contributed by atoms with Gasteiger partial charge in [0.1, 0.15) is 0 Å². The first-order chi connectivity index (χ1) is 9.33. The van der Waals surface area contributed by atoms with Crippen molar-refractivity contribution in [1.29, 1.82) is 0 Å². The van der Waals surface area contributed by atoms with E-state index in [0.717, 1.165) is 17.9 Å². The minimum absolute atomic E-state index is 0.117. The highest BCUT2D eigenvalue weighted by Crippen LogP contribution is 2.16. The van der Waals surface area contributed by atoms with Crippen molar-refractivity contribution in [2.45, 2.75) is 13.1 Å². The fraction of sp³-hybridized carbons (Fsp3) is 0.267. The van der Waals surface area contributed by atoms with E-state index < -0.39 is 0 Å². The van der Waals surface area contributed by atoms with Gasteiger partial charge in [-0.05, 0) is 17.7 Å². The number of aliphatic hydroxyl groups is 1. The predicted molar refractivity (Wildman–Crippen MR) is 76.7 cm³/mol. The minimum Gasteiger partial charge on any atom is -0.395 e. The molecule has 0 amide bonds. The average Bonchev–Trinajstić information content (AvgIpc) is 2.48. The van der Waals surface area contributed by atoms with Crippen molar-refractivity contribution in [1.82, 2.24) is 4.98 Å². The Hall–Kier alpha value is -1.91. The van der Waals surface area contributed by atoms with Gasteiger partial charge in [-0.1, -0.05) is 30.3 Å². The predicted octanol–water partition coefficient (Wildman–Crippen LogP) is 1.54. The van der Waals surface area contributed by atoms with Crippen molar-refractivity contribution < 1.29 is 5.11 Å². The van der Waals surface area contributed by atoms with Crippen LogP contribution in [0.4, 0.5) is 5.69 Å². The molecule has 0 radical (unpaired) electrons. The molecule has 0 atom stereocenters. The van der Waals surface area contributed by atoms with Gasteiger partial charge in [0.2, 0.25) is 0 Å². The molecule has 1 aromatic heterocycles. The van der Waals surface area contributed by atoms with Crippen molar-refractivity contribution in [3.05, 3.63) is 59.9 Å². The monoisotopic (exact) mass is 257 g/mol. The van der Waals surface area contributed by atoms with E-state index in [0.29, 0.717) is 13.1 Å². The highest BCUT2D eigenvalue weighted by Gasteiger charge is 2.07. The number of aliphatic hydroxyl groups excluding tert-OH is 1. The second kappa shape index (κ2) is 6.87. The molecule has 2 rings (SSSR count). The van der Waals surface area contributed by atoms with E-state index in [9.17, 15) is 5.11 Å². The number of hydrogen-bond acceptors (Lipinski definition) is 4. The molecule has 100 valence electrons. The first kappa shape index (κ1) is 13.5. The lowest BCUT2D eigenvalue weighted by molar-refractivity contribution is 0.301. The summed E-state index contributed by atoms with van der Waals surface area (Å²) in [7, 11) is 0. The molecule has 0 saturated carbocycles. The summed E-state index contributed by atoms with van der Waals surface area (Å²) in [4.78, 5) is 6.39. The molecular weight excluding hydrogens is 238 g/mol. The smallest absolute Gasteiger partial charge is 0.0606 e. The maximum Gasteiger partial charge on any atom is 0.0606 e. The van der Waals surface area contributed by atoms with Crippen LogP contribution in [-0.4, -0.2) is 23.2 Å². The maximum atomic E-state index is 9.19. The van der Waals surface area contributed by atoms with Crippen LogP contribution in [0.2, 0.25) is 0 Å². The van der Waals surface area contributed by atoms with Gasteiger partial charge in [0.15, 0.2) is 0 Å². The summed E-state index contributed by atoms with van der Waals surface area (Å²) in [6.07, 6.45) is 1.81. The van der Waals surface area contributed by atoms with Crippen LogP contribution < -0.4 is 10.6 Å². The normalized spacial score (nSPS) is 10.4. The van der Waals surface area contributed by atoms with E-state index >= 15 is 0 Å². The van der Waals surface area contributed by atoms with Crippen LogP contribution in [0, 0.1) is 0 Å². The maximum absolute atomic E-state index is 9.19. The lowest BCUT2D eigenvalue weighted by Gasteiger charge is -2.23. The summed E-state index contributed by atoms with van der Waals surface area (Å²) in [6.45, 7) is 1.90. The number of nitrogens with zero attached hydrogens (tertiary/aromatic N) is 2. The summed E-state index contributed by atoms with van der Waals surface area (Å²) in [5.74, 6) is 0. The first-order valence-corrected chi connectivity index (χ1v) is 6.38. The zero-order valence-corrected chi connectivity index (χ0v) is 10.9. The Bertz CT molecular complexity index is 485. The van der Waals surface area contributed by atoms with E-state index in [1.165, 1.54) is 5.56 Å². The van der Waals surface area contributed by atoms with Crippen molar-refractivity contribution in [3.63, 3.8) is 0 Å². The third-order valence-electron chi connectivity index (χ3n) is 2.97. The molecule has 3 N–H and O–H groups in total. The highest BCUT2D eigenvalue weighted by atomic mass is 16.3. The summed E-state index contributed by atoms with van der Waals surface area (Å²) in [5.41, 5.74) is 8.61. The van der Waals surface area contributed by atoms with Crippen molar-refractivity contribution >= 4 is 5.69 Å². The molecule has 2 aromatic rings. The standard InChI is InChI=1S/C15H19N3O/c16-10-14-6-7-15(11-17-14)18(8-9-19)12-13-4-2-1-3-5-13/h1-7,11,19H,8-10,12,16H2. The van der Waals surface area contributed by atoms with Crippen molar-refractivity contribution in [2.24, 2.45) is 5.73 Å². The molecule has 0 spiro atoms. The SMILES string of the molecule is NCc1ccc(N(CCO)Cc2ccccc2)cn1. The third kappa shape index (κ3) is 3.77. The van der Waals surface area contributed by atoms with E-state index in [1.54, 1.807) is 6.20 Å². The molecule has 4 nitrogen and oxygen atoms in total. The number of anilines is 1. The molecule has 0 bridgehead atoms.